The van der Waals surface area contributed by atoms with Crippen molar-refractivity contribution in [1.29, 1.82) is 0 Å². The van der Waals surface area contributed by atoms with E-state index in [1.165, 1.54) is 12.8 Å². The number of nitrogens with zero attached hydrogens (tertiary/aromatic N) is 1. The molecule has 1 aliphatic rings. The van der Waals surface area contributed by atoms with Gasteiger partial charge in [-0.25, -0.2) is 0 Å². The van der Waals surface area contributed by atoms with Crippen LogP contribution in [0.3, 0.4) is 0 Å². The maximum absolute atomic E-state index is 12.6. The summed E-state index contributed by atoms with van der Waals surface area (Å²) in [5.74, 6) is 1.24. The molecule has 1 N–H and O–H groups in total. The fourth-order valence-corrected chi connectivity index (χ4v) is 3.49. The van der Waals surface area contributed by atoms with Crippen molar-refractivity contribution in [2.24, 2.45) is 11.8 Å². The zero-order valence-electron chi connectivity index (χ0n) is 14.4. The highest BCUT2D eigenvalue weighted by molar-refractivity contribution is 6.42. The van der Waals surface area contributed by atoms with Crippen LogP contribution in [-0.4, -0.2) is 30.4 Å². The molecule has 1 fully saturated rings. The fourth-order valence-electron chi connectivity index (χ4n) is 3.17. The number of hydrogen-bond donors (Lipinski definition) is 1. The fraction of sp³-hybridized carbons (Fsp3) is 0.611. The zero-order valence-corrected chi connectivity index (χ0v) is 16.7. The maximum atomic E-state index is 12.6. The molecule has 136 valence electrons. The third-order valence-corrected chi connectivity index (χ3v) is 5.47. The molecule has 0 bridgehead atoms. The number of amides is 1. The summed E-state index contributed by atoms with van der Waals surface area (Å²) >= 11 is 12.0. The Kier molecular flexibility index (Phi) is 9.43. The predicted molar refractivity (Wildman–Crippen MR) is 104 cm³/mol. The average Bonchev–Trinajstić information content (AvgIpc) is 2.56. The topological polar surface area (TPSA) is 32.3 Å². The Hall–Kier alpha value is -0.480. The van der Waals surface area contributed by atoms with E-state index in [1.54, 1.807) is 6.07 Å². The standard InChI is InChI=1S/C18H26Cl2N2O.ClH/c1-3-22(12-14-6-7-16(19)17(20)10-14)18(23)9-13(2)15-5-4-8-21-11-15;/h6-7,10,13,15,21H,3-5,8-9,11-12H2,1-2H3;1H. The molecule has 0 aromatic heterocycles. The monoisotopic (exact) mass is 392 g/mol. The summed E-state index contributed by atoms with van der Waals surface area (Å²) in [6.45, 7) is 7.64. The van der Waals surface area contributed by atoms with Gasteiger partial charge < -0.3 is 10.2 Å². The van der Waals surface area contributed by atoms with Crippen LogP contribution in [0.1, 0.15) is 38.7 Å². The lowest BCUT2D eigenvalue weighted by molar-refractivity contribution is -0.133. The number of nitrogens with one attached hydrogen (secondary N) is 1. The van der Waals surface area contributed by atoms with Crippen molar-refractivity contribution in [3.8, 4) is 0 Å². The molecule has 1 aliphatic heterocycles. The Morgan fingerprint density at radius 2 is 2.12 bits per heavy atom. The molecule has 0 spiro atoms. The molecular weight excluding hydrogens is 367 g/mol. The molecule has 2 unspecified atom stereocenters. The highest BCUT2D eigenvalue weighted by Crippen LogP contribution is 2.25. The van der Waals surface area contributed by atoms with Crippen LogP contribution in [0, 0.1) is 11.8 Å². The first-order chi connectivity index (χ1) is 11.0. The lowest BCUT2D eigenvalue weighted by Crippen LogP contribution is -2.37. The Morgan fingerprint density at radius 3 is 2.71 bits per heavy atom. The molecule has 24 heavy (non-hydrogen) atoms. The molecule has 1 heterocycles. The van der Waals surface area contributed by atoms with Crippen molar-refractivity contribution < 1.29 is 4.79 Å². The predicted octanol–water partition coefficient (Wildman–Crippen LogP) is 4.79. The Bertz CT molecular complexity index is 533. The molecule has 6 heteroatoms. The first-order valence-corrected chi connectivity index (χ1v) is 9.19. The van der Waals surface area contributed by atoms with Crippen LogP contribution in [0.4, 0.5) is 0 Å². The van der Waals surface area contributed by atoms with Gasteiger partial charge in [-0.3, -0.25) is 4.79 Å². The summed E-state index contributed by atoms with van der Waals surface area (Å²) in [6.07, 6.45) is 3.05. The molecule has 1 aromatic rings. The summed E-state index contributed by atoms with van der Waals surface area (Å²) in [7, 11) is 0. The van der Waals surface area contributed by atoms with E-state index in [4.69, 9.17) is 23.2 Å². The van der Waals surface area contributed by atoms with Crippen LogP contribution in [0.2, 0.25) is 10.0 Å². The number of halogens is 3. The first-order valence-electron chi connectivity index (χ1n) is 8.43. The smallest absolute Gasteiger partial charge is 0.223 e. The van der Waals surface area contributed by atoms with Gasteiger partial charge in [0.2, 0.25) is 5.91 Å². The SMILES string of the molecule is CCN(Cc1ccc(Cl)c(Cl)c1)C(=O)CC(C)C1CCCNC1.Cl. The minimum atomic E-state index is 0. The average molecular weight is 394 g/mol. The summed E-state index contributed by atoms with van der Waals surface area (Å²) in [5, 5.41) is 4.51. The quantitative estimate of drug-likeness (QED) is 0.753. The van der Waals surface area contributed by atoms with Crippen molar-refractivity contribution in [2.75, 3.05) is 19.6 Å². The molecule has 1 aromatic carbocycles. The van der Waals surface area contributed by atoms with E-state index in [1.807, 2.05) is 24.0 Å². The van der Waals surface area contributed by atoms with Crippen molar-refractivity contribution in [3.05, 3.63) is 33.8 Å². The normalized spacial score (nSPS) is 18.6. The Labute approximate surface area is 161 Å². The van der Waals surface area contributed by atoms with Gasteiger partial charge in [-0.05, 0) is 62.4 Å². The van der Waals surface area contributed by atoms with Crippen molar-refractivity contribution >= 4 is 41.5 Å². The van der Waals surface area contributed by atoms with Gasteiger partial charge in [-0.15, -0.1) is 12.4 Å². The van der Waals surface area contributed by atoms with Crippen LogP contribution in [0.5, 0.6) is 0 Å². The molecule has 2 atom stereocenters. The number of benzene rings is 1. The van der Waals surface area contributed by atoms with Crippen LogP contribution >= 0.6 is 35.6 Å². The van der Waals surface area contributed by atoms with E-state index in [2.05, 4.69) is 12.2 Å². The van der Waals surface area contributed by atoms with Gasteiger partial charge in [-0.2, -0.15) is 0 Å². The van der Waals surface area contributed by atoms with Gasteiger partial charge in [0.15, 0.2) is 0 Å². The van der Waals surface area contributed by atoms with E-state index >= 15 is 0 Å². The second kappa shape index (κ2) is 10.5. The number of carbonyl (C=O) groups excluding carboxylic acids is 1. The van der Waals surface area contributed by atoms with Crippen LogP contribution < -0.4 is 5.32 Å². The minimum Gasteiger partial charge on any atom is -0.339 e. The number of rotatable bonds is 6. The molecule has 2 rings (SSSR count). The highest BCUT2D eigenvalue weighted by atomic mass is 35.5. The van der Waals surface area contributed by atoms with E-state index < -0.39 is 0 Å². The molecule has 0 radical (unpaired) electrons. The molecule has 0 aliphatic carbocycles. The second-order valence-electron chi connectivity index (χ2n) is 6.44. The molecule has 3 nitrogen and oxygen atoms in total. The van der Waals surface area contributed by atoms with Gasteiger partial charge in [0, 0.05) is 19.5 Å². The van der Waals surface area contributed by atoms with Gasteiger partial charge in [0.05, 0.1) is 10.0 Å². The summed E-state index contributed by atoms with van der Waals surface area (Å²) in [6, 6.07) is 5.56. The third kappa shape index (κ3) is 6.11. The lowest BCUT2D eigenvalue weighted by atomic mass is 9.85. The van der Waals surface area contributed by atoms with Crippen LogP contribution in [0.25, 0.3) is 0 Å². The summed E-state index contributed by atoms with van der Waals surface area (Å²) < 4.78 is 0. The van der Waals surface area contributed by atoms with Crippen molar-refractivity contribution in [2.45, 2.75) is 39.7 Å². The lowest BCUT2D eigenvalue weighted by Gasteiger charge is -2.30. The van der Waals surface area contributed by atoms with Crippen molar-refractivity contribution in [1.82, 2.24) is 10.2 Å². The zero-order chi connectivity index (χ0) is 16.8. The first kappa shape index (κ1) is 21.6. The highest BCUT2D eigenvalue weighted by Gasteiger charge is 2.24. The van der Waals surface area contributed by atoms with Gasteiger partial charge in [0.25, 0.3) is 0 Å². The molecular formula is C18H27Cl3N2O. The summed E-state index contributed by atoms with van der Waals surface area (Å²) in [5.41, 5.74) is 1.02. The van der Waals surface area contributed by atoms with Crippen LogP contribution in [-0.2, 0) is 11.3 Å². The van der Waals surface area contributed by atoms with E-state index in [0.717, 1.165) is 18.7 Å². The minimum absolute atomic E-state index is 0. The van der Waals surface area contributed by atoms with Crippen molar-refractivity contribution in [3.63, 3.8) is 0 Å². The van der Waals surface area contributed by atoms with Gasteiger partial charge in [-0.1, -0.05) is 36.2 Å². The van der Waals surface area contributed by atoms with E-state index in [9.17, 15) is 4.79 Å². The molecule has 0 saturated carbocycles. The largest absolute Gasteiger partial charge is 0.339 e. The third-order valence-electron chi connectivity index (χ3n) is 4.73. The number of carbonyl (C=O) groups is 1. The van der Waals surface area contributed by atoms with E-state index in [0.29, 0.717) is 41.4 Å². The van der Waals surface area contributed by atoms with Gasteiger partial charge >= 0.3 is 0 Å². The van der Waals surface area contributed by atoms with E-state index in [-0.39, 0.29) is 18.3 Å². The Morgan fingerprint density at radius 1 is 1.38 bits per heavy atom. The number of hydrogen-bond acceptors (Lipinski definition) is 2. The second-order valence-corrected chi connectivity index (χ2v) is 7.26. The molecule has 1 amide bonds. The Balaban J connectivity index is 0.00000288. The summed E-state index contributed by atoms with van der Waals surface area (Å²) in [4.78, 5) is 14.5. The van der Waals surface area contributed by atoms with Gasteiger partial charge in [0.1, 0.15) is 0 Å². The molecule has 1 saturated heterocycles. The number of piperidine rings is 1. The maximum Gasteiger partial charge on any atom is 0.223 e. The van der Waals surface area contributed by atoms with Crippen LogP contribution in [0.15, 0.2) is 18.2 Å².